The average Bonchev–Trinajstić information content (AvgIpc) is 3.16. The van der Waals surface area contributed by atoms with Gasteiger partial charge in [-0.15, -0.1) is 0 Å². The molecule has 1 N–H and O–H groups in total. The molecule has 1 aliphatic heterocycles. The van der Waals surface area contributed by atoms with Crippen molar-refractivity contribution in [2.45, 2.75) is 59.0 Å². The molecule has 2 fully saturated rings. The van der Waals surface area contributed by atoms with E-state index in [2.05, 4.69) is 5.32 Å². The minimum atomic E-state index is -0.431. The van der Waals surface area contributed by atoms with Crippen LogP contribution in [0.25, 0.3) is 0 Å². The van der Waals surface area contributed by atoms with E-state index in [1.165, 1.54) is 0 Å². The quantitative estimate of drug-likeness (QED) is 0.837. The first kappa shape index (κ1) is 16.3. The van der Waals surface area contributed by atoms with Crippen LogP contribution < -0.4 is 5.32 Å². The first-order valence-corrected chi connectivity index (χ1v) is 7.80. The second-order valence-electron chi connectivity index (χ2n) is 7.69. The lowest BCUT2D eigenvalue weighted by molar-refractivity contribution is -0.152. The van der Waals surface area contributed by atoms with Crippen molar-refractivity contribution in [3.05, 3.63) is 0 Å². The highest BCUT2D eigenvalue weighted by Gasteiger charge is 2.50. The highest BCUT2D eigenvalue weighted by molar-refractivity contribution is 5.97. The Morgan fingerprint density at radius 1 is 1.33 bits per heavy atom. The molecule has 2 amide bonds. The minimum absolute atomic E-state index is 0.0444. The van der Waals surface area contributed by atoms with Gasteiger partial charge in [-0.05, 0) is 37.0 Å². The number of hydrogen-bond acceptors (Lipinski definition) is 3. The van der Waals surface area contributed by atoms with E-state index in [9.17, 15) is 9.59 Å². The highest BCUT2D eigenvalue weighted by Crippen LogP contribution is 2.50. The lowest BCUT2D eigenvalue weighted by Gasteiger charge is -2.43. The van der Waals surface area contributed by atoms with Crippen LogP contribution in [0.4, 0.5) is 0 Å². The normalized spacial score (nSPS) is 28.5. The molecule has 0 spiro atoms. The van der Waals surface area contributed by atoms with Crippen molar-refractivity contribution in [3.8, 4) is 0 Å². The van der Waals surface area contributed by atoms with Crippen molar-refractivity contribution in [1.29, 1.82) is 0 Å². The van der Waals surface area contributed by atoms with Gasteiger partial charge < -0.3 is 15.0 Å². The monoisotopic (exact) mass is 296 g/mol. The number of hydrogen-bond donors (Lipinski definition) is 1. The van der Waals surface area contributed by atoms with Gasteiger partial charge in [0.1, 0.15) is 12.1 Å². The summed E-state index contributed by atoms with van der Waals surface area (Å²) in [6.07, 6.45) is 3.20. The summed E-state index contributed by atoms with van der Waals surface area (Å²) in [6.45, 7) is 9.17. The van der Waals surface area contributed by atoms with Crippen molar-refractivity contribution in [3.63, 3.8) is 0 Å². The zero-order chi connectivity index (χ0) is 15.8. The van der Waals surface area contributed by atoms with Gasteiger partial charge in [-0.2, -0.15) is 0 Å². The second-order valence-corrected chi connectivity index (χ2v) is 7.69. The van der Waals surface area contributed by atoms with E-state index >= 15 is 0 Å². The van der Waals surface area contributed by atoms with Crippen LogP contribution in [-0.4, -0.2) is 49.1 Å². The minimum Gasteiger partial charge on any atom is -0.385 e. The molecule has 2 rings (SSSR count). The fourth-order valence-corrected chi connectivity index (χ4v) is 2.97. The van der Waals surface area contributed by atoms with Gasteiger partial charge in [0.15, 0.2) is 0 Å². The number of carbonyl (C=O) groups is 2. The molecular weight excluding hydrogens is 268 g/mol. The van der Waals surface area contributed by atoms with Gasteiger partial charge >= 0.3 is 0 Å². The van der Waals surface area contributed by atoms with E-state index in [0.29, 0.717) is 13.2 Å². The molecule has 0 aromatic rings. The maximum atomic E-state index is 12.8. The van der Waals surface area contributed by atoms with Gasteiger partial charge in [-0.25, -0.2) is 0 Å². The molecule has 1 saturated carbocycles. The Balaban J connectivity index is 2.12. The lowest BCUT2D eigenvalue weighted by Crippen LogP contribution is -2.66. The Hall–Kier alpha value is -1.10. The van der Waals surface area contributed by atoms with Crippen molar-refractivity contribution >= 4 is 11.8 Å². The maximum Gasteiger partial charge on any atom is 0.246 e. The largest absolute Gasteiger partial charge is 0.385 e. The fraction of sp³-hybridized carbons (Fsp3) is 0.875. The van der Waals surface area contributed by atoms with E-state index in [4.69, 9.17) is 4.74 Å². The molecule has 21 heavy (non-hydrogen) atoms. The van der Waals surface area contributed by atoms with Crippen LogP contribution in [0, 0.1) is 10.8 Å². The molecule has 1 heterocycles. The third kappa shape index (κ3) is 3.39. The van der Waals surface area contributed by atoms with Crippen LogP contribution in [0.15, 0.2) is 0 Å². The predicted octanol–water partition coefficient (Wildman–Crippen LogP) is 1.56. The summed E-state index contributed by atoms with van der Waals surface area (Å²) >= 11 is 0. The van der Waals surface area contributed by atoms with Gasteiger partial charge in [0, 0.05) is 20.3 Å². The lowest BCUT2D eigenvalue weighted by atomic mass is 9.83. The van der Waals surface area contributed by atoms with E-state index in [1.54, 1.807) is 12.0 Å². The molecular formula is C16H28N2O3. The predicted molar refractivity (Wildman–Crippen MR) is 80.7 cm³/mol. The Labute approximate surface area is 127 Å². The summed E-state index contributed by atoms with van der Waals surface area (Å²) in [7, 11) is 1.70. The van der Waals surface area contributed by atoms with Crippen LogP contribution in [0.2, 0.25) is 0 Å². The first-order valence-electron chi connectivity index (χ1n) is 7.80. The summed E-state index contributed by atoms with van der Waals surface area (Å²) in [6, 6.07) is -0.810. The van der Waals surface area contributed by atoms with E-state index < -0.39 is 6.04 Å². The van der Waals surface area contributed by atoms with Crippen LogP contribution in [0.1, 0.15) is 47.0 Å². The van der Waals surface area contributed by atoms with Gasteiger partial charge in [-0.3, -0.25) is 9.59 Å². The number of piperazine rings is 1. The Bertz CT molecular complexity index is 424. The van der Waals surface area contributed by atoms with Crippen LogP contribution in [0.5, 0.6) is 0 Å². The average molecular weight is 296 g/mol. The third-order valence-electron chi connectivity index (χ3n) is 4.83. The number of amides is 2. The number of carbonyl (C=O) groups excluding carboxylic acids is 2. The van der Waals surface area contributed by atoms with E-state index in [-0.39, 0.29) is 28.7 Å². The summed E-state index contributed by atoms with van der Waals surface area (Å²) in [5, 5.41) is 2.88. The van der Waals surface area contributed by atoms with Gasteiger partial charge in [0.25, 0.3) is 0 Å². The maximum absolute atomic E-state index is 12.8. The number of nitrogens with one attached hydrogen (secondary N) is 1. The molecule has 0 aromatic heterocycles. The molecule has 2 atom stereocenters. The summed E-state index contributed by atoms with van der Waals surface area (Å²) in [5.41, 5.74) is -0.103. The molecule has 0 aromatic carbocycles. The number of ether oxygens (including phenoxy) is 1. The first-order chi connectivity index (χ1) is 9.70. The topological polar surface area (TPSA) is 58.6 Å². The van der Waals surface area contributed by atoms with Crippen LogP contribution in [0.3, 0.4) is 0 Å². The van der Waals surface area contributed by atoms with Crippen molar-refractivity contribution in [1.82, 2.24) is 10.2 Å². The zero-order valence-corrected chi connectivity index (χ0v) is 13.9. The van der Waals surface area contributed by atoms with Crippen LogP contribution in [-0.2, 0) is 14.3 Å². The molecule has 5 nitrogen and oxygen atoms in total. The summed E-state index contributed by atoms with van der Waals surface area (Å²) < 4.78 is 5.17. The van der Waals surface area contributed by atoms with Gasteiger partial charge in [-0.1, -0.05) is 20.8 Å². The van der Waals surface area contributed by atoms with Crippen molar-refractivity contribution in [2.75, 3.05) is 20.3 Å². The molecule has 120 valence electrons. The van der Waals surface area contributed by atoms with Gasteiger partial charge in [0.2, 0.25) is 11.8 Å². The second kappa shape index (κ2) is 5.59. The number of nitrogens with zero attached hydrogens (tertiary/aromatic N) is 1. The number of rotatable bonds is 5. The molecule has 0 radical (unpaired) electrons. The third-order valence-corrected chi connectivity index (χ3v) is 4.83. The Morgan fingerprint density at radius 2 is 1.95 bits per heavy atom. The number of methoxy groups -OCH3 is 1. The standard InChI is InChI=1S/C16H28N2O3/c1-11-13(19)17-12(15(2,3)4)14(20)18(11)10-16(6-7-16)8-9-21-5/h11-12H,6-10H2,1-5H3,(H,17,19). The van der Waals surface area contributed by atoms with Crippen molar-refractivity contribution < 1.29 is 14.3 Å². The SMILES string of the molecule is COCCC1(CN2C(=O)C(C(C)(C)C)NC(=O)C2C)CC1. The smallest absolute Gasteiger partial charge is 0.246 e. The molecule has 1 aliphatic carbocycles. The zero-order valence-electron chi connectivity index (χ0n) is 13.9. The molecule has 0 bridgehead atoms. The Kier molecular flexibility index (Phi) is 4.34. The van der Waals surface area contributed by atoms with E-state index in [1.807, 2.05) is 27.7 Å². The Morgan fingerprint density at radius 3 is 2.43 bits per heavy atom. The fourth-order valence-electron chi connectivity index (χ4n) is 2.97. The highest BCUT2D eigenvalue weighted by atomic mass is 16.5. The van der Waals surface area contributed by atoms with Crippen LogP contribution >= 0.6 is 0 Å². The van der Waals surface area contributed by atoms with Gasteiger partial charge in [0.05, 0.1) is 0 Å². The molecule has 2 aliphatic rings. The summed E-state index contributed by atoms with van der Waals surface area (Å²) in [4.78, 5) is 26.8. The van der Waals surface area contributed by atoms with E-state index in [0.717, 1.165) is 19.3 Å². The molecule has 1 saturated heterocycles. The molecule has 2 unspecified atom stereocenters. The molecule has 5 heteroatoms. The van der Waals surface area contributed by atoms with Crippen molar-refractivity contribution in [2.24, 2.45) is 10.8 Å². The summed E-state index contributed by atoms with van der Waals surface area (Å²) in [5.74, 6) is 0.00959.